The molecule has 0 unspecified atom stereocenters. The summed E-state index contributed by atoms with van der Waals surface area (Å²) in [4.78, 5) is 51.1. The number of carboxylic acids is 1. The Morgan fingerprint density at radius 3 is 1.89 bits per heavy atom. The zero-order valence-electron chi connectivity index (χ0n) is 25.3. The zero-order chi connectivity index (χ0) is 31.9. The number of aliphatic carboxylic acids is 1. The molecule has 10 heteroatoms. The second-order valence-electron chi connectivity index (χ2n) is 11.8. The lowest BCUT2D eigenvalue weighted by Gasteiger charge is -2.27. The summed E-state index contributed by atoms with van der Waals surface area (Å²) in [6.07, 6.45) is -0.712. The number of hydrogen-bond acceptors (Lipinski definition) is 6. The molecule has 4 N–H and O–H groups in total. The van der Waals surface area contributed by atoms with Gasteiger partial charge in [-0.05, 0) is 55.5 Å². The van der Waals surface area contributed by atoms with Crippen molar-refractivity contribution < 1.29 is 33.8 Å². The van der Waals surface area contributed by atoms with Gasteiger partial charge in [0.1, 0.15) is 24.7 Å². The Kier molecular flexibility index (Phi) is 10.4. The van der Waals surface area contributed by atoms with Crippen LogP contribution in [0.3, 0.4) is 0 Å². The van der Waals surface area contributed by atoms with Gasteiger partial charge in [0.25, 0.3) is 0 Å². The number of ether oxygens (including phenoxy) is 2. The monoisotopic (exact) mass is 601 g/mol. The molecule has 1 aliphatic carbocycles. The van der Waals surface area contributed by atoms with Crippen LogP contribution in [0.15, 0.2) is 78.9 Å². The minimum Gasteiger partial charge on any atom is -0.480 e. The Labute approximate surface area is 257 Å². The van der Waals surface area contributed by atoms with Crippen molar-refractivity contribution in [3.63, 3.8) is 0 Å². The van der Waals surface area contributed by atoms with E-state index in [-0.39, 0.29) is 25.6 Å². The van der Waals surface area contributed by atoms with Crippen molar-refractivity contribution in [2.24, 2.45) is 0 Å². The van der Waals surface area contributed by atoms with Crippen molar-refractivity contribution in [2.75, 3.05) is 13.2 Å². The molecule has 3 aromatic carbocycles. The lowest BCUT2D eigenvalue weighted by Crippen LogP contribution is -2.57. The first kappa shape index (κ1) is 32.2. The number of nitrogens with one attached hydrogen (secondary N) is 3. The highest BCUT2D eigenvalue weighted by molar-refractivity contribution is 5.93. The molecule has 0 fully saturated rings. The van der Waals surface area contributed by atoms with Gasteiger partial charge in [0, 0.05) is 12.3 Å². The maximum atomic E-state index is 13.6. The average molecular weight is 602 g/mol. The van der Waals surface area contributed by atoms with Crippen molar-refractivity contribution in [3.05, 3.63) is 95.6 Å². The molecule has 0 aromatic heterocycles. The smallest absolute Gasteiger partial charge is 0.407 e. The summed E-state index contributed by atoms with van der Waals surface area (Å²) < 4.78 is 11.5. The van der Waals surface area contributed by atoms with Gasteiger partial charge < -0.3 is 30.5 Å². The number of amides is 3. The van der Waals surface area contributed by atoms with E-state index < -0.39 is 47.6 Å². The van der Waals surface area contributed by atoms with Crippen LogP contribution in [-0.4, -0.2) is 65.9 Å². The molecule has 4 rings (SSSR count). The molecule has 10 nitrogen and oxygen atoms in total. The lowest BCUT2D eigenvalue weighted by molar-refractivity contribution is -0.141. The molecular formula is C34H39N3O7. The summed E-state index contributed by atoms with van der Waals surface area (Å²) in [7, 11) is 0. The Bertz CT molecular complexity index is 1440. The number of benzene rings is 3. The van der Waals surface area contributed by atoms with E-state index in [2.05, 4.69) is 16.0 Å². The van der Waals surface area contributed by atoms with Crippen molar-refractivity contribution in [3.8, 4) is 11.1 Å². The molecule has 3 aromatic rings. The van der Waals surface area contributed by atoms with E-state index in [9.17, 15) is 24.3 Å². The van der Waals surface area contributed by atoms with Gasteiger partial charge in [-0.3, -0.25) is 14.4 Å². The Balaban J connectivity index is 1.47. The van der Waals surface area contributed by atoms with Crippen LogP contribution >= 0.6 is 0 Å². The number of rotatable bonds is 12. The van der Waals surface area contributed by atoms with E-state index in [1.54, 1.807) is 24.3 Å². The number of hydrogen-bond donors (Lipinski definition) is 4. The Morgan fingerprint density at radius 1 is 0.773 bits per heavy atom. The molecule has 0 saturated carbocycles. The van der Waals surface area contributed by atoms with E-state index in [1.807, 2.05) is 75.4 Å². The summed E-state index contributed by atoms with van der Waals surface area (Å²) in [5.74, 6) is -2.73. The molecule has 232 valence electrons. The largest absolute Gasteiger partial charge is 0.480 e. The molecular weight excluding hydrogens is 562 g/mol. The van der Waals surface area contributed by atoms with E-state index in [1.165, 1.54) is 6.92 Å². The van der Waals surface area contributed by atoms with Gasteiger partial charge in [0.2, 0.25) is 11.8 Å². The third kappa shape index (κ3) is 8.44. The standard InChI is InChI=1S/C34H39N3O7/c1-21(32(40)41)35-30(38)28(18-22-12-6-5-7-13-22)36-31(39)29(20-44-34(2,3)4)37-33(42)43-19-27-25-16-10-8-14-23(25)24-15-9-11-17-26(24)27/h5-17,21,27-29H,18-20H2,1-4H3,(H,35,38)(H,36,39)(H,37,42)(H,40,41)/t21-,28-,29-/m0/s1. The maximum Gasteiger partial charge on any atom is 0.407 e. The van der Waals surface area contributed by atoms with Crippen molar-refractivity contribution in [1.82, 2.24) is 16.0 Å². The van der Waals surface area contributed by atoms with Crippen LogP contribution in [0.1, 0.15) is 50.3 Å². The zero-order valence-corrected chi connectivity index (χ0v) is 25.3. The predicted octanol–water partition coefficient (Wildman–Crippen LogP) is 4.03. The van der Waals surface area contributed by atoms with Crippen LogP contribution in [0, 0.1) is 0 Å². The fraction of sp³-hybridized carbons (Fsp3) is 0.353. The van der Waals surface area contributed by atoms with Gasteiger partial charge >= 0.3 is 12.1 Å². The fourth-order valence-electron chi connectivity index (χ4n) is 5.01. The van der Waals surface area contributed by atoms with E-state index in [4.69, 9.17) is 9.47 Å². The predicted molar refractivity (Wildman–Crippen MR) is 165 cm³/mol. The SMILES string of the molecule is C[C@H](NC(=O)[C@H](Cc1ccccc1)NC(=O)[C@H](COC(C)(C)C)NC(=O)OCC1c2ccccc2-c2ccccc21)C(=O)O. The minimum atomic E-state index is -1.21. The minimum absolute atomic E-state index is 0.0560. The quantitative estimate of drug-likeness (QED) is 0.246. The van der Waals surface area contributed by atoms with Crippen LogP contribution < -0.4 is 16.0 Å². The van der Waals surface area contributed by atoms with Gasteiger partial charge in [-0.1, -0.05) is 78.9 Å². The summed E-state index contributed by atoms with van der Waals surface area (Å²) >= 11 is 0. The molecule has 3 amide bonds. The molecule has 3 atom stereocenters. The topological polar surface area (TPSA) is 143 Å². The number of fused-ring (bicyclic) bond motifs is 3. The molecule has 1 aliphatic rings. The highest BCUT2D eigenvalue weighted by atomic mass is 16.5. The first-order valence-corrected chi connectivity index (χ1v) is 14.6. The van der Waals surface area contributed by atoms with E-state index in [0.29, 0.717) is 0 Å². The summed E-state index contributed by atoms with van der Waals surface area (Å²) in [5.41, 5.74) is 4.41. The first-order valence-electron chi connectivity index (χ1n) is 14.6. The third-order valence-corrected chi connectivity index (χ3v) is 7.28. The second-order valence-corrected chi connectivity index (χ2v) is 11.8. The average Bonchev–Trinajstić information content (AvgIpc) is 3.31. The summed E-state index contributed by atoms with van der Waals surface area (Å²) in [5, 5.41) is 17.0. The molecule has 0 radical (unpaired) electrons. The van der Waals surface area contributed by atoms with Crippen molar-refractivity contribution in [2.45, 2.75) is 63.8 Å². The van der Waals surface area contributed by atoms with Crippen LogP contribution in [0.25, 0.3) is 11.1 Å². The fourth-order valence-corrected chi connectivity index (χ4v) is 5.01. The van der Waals surface area contributed by atoms with Crippen molar-refractivity contribution in [1.29, 1.82) is 0 Å². The third-order valence-electron chi connectivity index (χ3n) is 7.28. The van der Waals surface area contributed by atoms with Crippen LogP contribution in [-0.2, 0) is 30.3 Å². The second kappa shape index (κ2) is 14.2. The first-order chi connectivity index (χ1) is 20.9. The van der Waals surface area contributed by atoms with E-state index >= 15 is 0 Å². The summed E-state index contributed by atoms with van der Waals surface area (Å²) in [6.45, 7) is 6.64. The normalized spacial score (nSPS) is 14.4. The van der Waals surface area contributed by atoms with Gasteiger partial charge in [-0.2, -0.15) is 0 Å². The van der Waals surface area contributed by atoms with Crippen LogP contribution in [0.4, 0.5) is 4.79 Å². The van der Waals surface area contributed by atoms with Gasteiger partial charge in [-0.25, -0.2) is 4.79 Å². The van der Waals surface area contributed by atoms with Crippen molar-refractivity contribution >= 4 is 23.9 Å². The highest BCUT2D eigenvalue weighted by Crippen LogP contribution is 2.44. The Hall–Kier alpha value is -4.70. The number of alkyl carbamates (subject to hydrolysis) is 1. The molecule has 44 heavy (non-hydrogen) atoms. The molecule has 0 saturated heterocycles. The van der Waals surface area contributed by atoms with Gasteiger partial charge in [-0.15, -0.1) is 0 Å². The van der Waals surface area contributed by atoms with Gasteiger partial charge in [0.05, 0.1) is 12.2 Å². The number of carbonyl (C=O) groups excluding carboxylic acids is 3. The molecule has 0 spiro atoms. The van der Waals surface area contributed by atoms with Crippen LogP contribution in [0.2, 0.25) is 0 Å². The van der Waals surface area contributed by atoms with Crippen LogP contribution in [0.5, 0.6) is 0 Å². The molecule has 0 bridgehead atoms. The lowest BCUT2D eigenvalue weighted by atomic mass is 9.98. The number of carboxylic acid groups (broad SMARTS) is 1. The maximum absolute atomic E-state index is 13.6. The Morgan fingerprint density at radius 2 is 1.32 bits per heavy atom. The highest BCUT2D eigenvalue weighted by Gasteiger charge is 2.32. The van der Waals surface area contributed by atoms with E-state index in [0.717, 1.165) is 27.8 Å². The molecule has 0 aliphatic heterocycles. The molecule has 0 heterocycles. The number of carbonyl (C=O) groups is 4. The van der Waals surface area contributed by atoms with Gasteiger partial charge in [0.15, 0.2) is 0 Å². The summed E-state index contributed by atoms with van der Waals surface area (Å²) in [6, 6.07) is 21.4.